The molecule has 0 unspecified atom stereocenters. The fourth-order valence-electron chi connectivity index (χ4n) is 1.67. The molecule has 0 bridgehead atoms. The van der Waals surface area contributed by atoms with Crippen molar-refractivity contribution >= 4 is 11.4 Å². The van der Waals surface area contributed by atoms with Crippen LogP contribution in [0.25, 0.3) is 0 Å². The second-order valence-electron chi connectivity index (χ2n) is 4.52. The first-order valence-electron chi connectivity index (χ1n) is 6.15. The minimum absolute atomic E-state index is 0.297. The van der Waals surface area contributed by atoms with E-state index in [1.807, 2.05) is 0 Å². The summed E-state index contributed by atoms with van der Waals surface area (Å²) in [6, 6.07) is 2.82. The average Bonchev–Trinajstić information content (AvgIpc) is 3.15. The van der Waals surface area contributed by atoms with Crippen molar-refractivity contribution in [3.05, 3.63) is 17.9 Å². The van der Waals surface area contributed by atoms with E-state index in [1.54, 1.807) is 6.07 Å². The third kappa shape index (κ3) is 3.50. The Labute approximate surface area is 106 Å². The van der Waals surface area contributed by atoms with Crippen LogP contribution in [0.5, 0.6) is 5.75 Å². The number of rotatable bonds is 7. The lowest BCUT2D eigenvalue weighted by molar-refractivity contribution is 0.134. The van der Waals surface area contributed by atoms with Crippen LogP contribution in [0.1, 0.15) is 12.8 Å². The van der Waals surface area contributed by atoms with Gasteiger partial charge in [-0.2, -0.15) is 0 Å². The van der Waals surface area contributed by atoms with E-state index in [-0.39, 0.29) is 5.82 Å². The topological polar surface area (TPSA) is 56.5 Å². The van der Waals surface area contributed by atoms with Crippen molar-refractivity contribution in [1.82, 2.24) is 0 Å². The molecule has 1 aliphatic carbocycles. The lowest BCUT2D eigenvalue weighted by Gasteiger charge is -2.11. The number of hydrogen-bond acceptors (Lipinski definition) is 4. The molecule has 5 heteroatoms. The van der Waals surface area contributed by atoms with Gasteiger partial charge < -0.3 is 20.5 Å². The maximum Gasteiger partial charge on any atom is 0.148 e. The molecule has 0 radical (unpaired) electrons. The predicted molar refractivity (Wildman–Crippen MR) is 69.4 cm³/mol. The van der Waals surface area contributed by atoms with Crippen LogP contribution in [0, 0.1) is 11.7 Å². The van der Waals surface area contributed by atoms with Crippen molar-refractivity contribution < 1.29 is 13.9 Å². The van der Waals surface area contributed by atoms with Gasteiger partial charge in [0.25, 0.3) is 0 Å². The second kappa shape index (κ2) is 5.91. The third-order valence-electron chi connectivity index (χ3n) is 2.93. The first-order chi connectivity index (χ1) is 8.70. The number of hydrogen-bond donors (Lipinski definition) is 2. The number of ether oxygens (including phenoxy) is 2. The maximum atomic E-state index is 13.6. The molecule has 18 heavy (non-hydrogen) atoms. The fraction of sp³-hybridized carbons (Fsp3) is 0.538. The largest absolute Gasteiger partial charge is 0.495 e. The van der Waals surface area contributed by atoms with E-state index < -0.39 is 0 Å². The van der Waals surface area contributed by atoms with E-state index in [0.717, 1.165) is 12.5 Å². The van der Waals surface area contributed by atoms with Crippen LogP contribution in [-0.2, 0) is 4.74 Å². The van der Waals surface area contributed by atoms with E-state index in [0.29, 0.717) is 30.3 Å². The van der Waals surface area contributed by atoms with Gasteiger partial charge in [-0.15, -0.1) is 0 Å². The monoisotopic (exact) mass is 254 g/mol. The van der Waals surface area contributed by atoms with Crippen LogP contribution in [-0.4, -0.2) is 26.9 Å². The van der Waals surface area contributed by atoms with Crippen LogP contribution >= 0.6 is 0 Å². The predicted octanol–water partition coefficient (Wildman–Crippen LogP) is 2.25. The SMILES string of the molecule is COc1cc(NCCOCC2CC2)c(F)cc1N. The first-order valence-corrected chi connectivity index (χ1v) is 6.15. The first kappa shape index (κ1) is 13.0. The molecule has 0 heterocycles. The van der Waals surface area contributed by atoms with Crippen LogP contribution in [0.2, 0.25) is 0 Å². The van der Waals surface area contributed by atoms with Gasteiger partial charge in [0, 0.05) is 25.3 Å². The van der Waals surface area contributed by atoms with Crippen molar-refractivity contribution in [1.29, 1.82) is 0 Å². The molecule has 0 amide bonds. The van der Waals surface area contributed by atoms with E-state index >= 15 is 0 Å². The van der Waals surface area contributed by atoms with Crippen molar-refractivity contribution in [2.45, 2.75) is 12.8 Å². The Kier molecular flexibility index (Phi) is 4.25. The Bertz CT molecular complexity index is 408. The van der Waals surface area contributed by atoms with Crippen molar-refractivity contribution in [3.8, 4) is 5.75 Å². The van der Waals surface area contributed by atoms with Gasteiger partial charge in [0.1, 0.15) is 11.6 Å². The van der Waals surface area contributed by atoms with Crippen LogP contribution in [0.4, 0.5) is 15.8 Å². The number of methoxy groups -OCH3 is 1. The molecule has 100 valence electrons. The zero-order valence-electron chi connectivity index (χ0n) is 10.5. The number of halogens is 1. The molecule has 0 spiro atoms. The Hall–Kier alpha value is -1.49. The van der Waals surface area contributed by atoms with Gasteiger partial charge in [-0.25, -0.2) is 4.39 Å². The van der Waals surface area contributed by atoms with Crippen LogP contribution < -0.4 is 15.8 Å². The number of nitrogens with two attached hydrogens (primary N) is 1. The van der Waals surface area contributed by atoms with Crippen LogP contribution in [0.15, 0.2) is 12.1 Å². The lowest BCUT2D eigenvalue weighted by Crippen LogP contribution is -2.12. The molecule has 2 rings (SSSR count). The summed E-state index contributed by atoms with van der Waals surface area (Å²) in [6.45, 7) is 1.95. The van der Waals surface area contributed by atoms with E-state index in [9.17, 15) is 4.39 Å². The minimum Gasteiger partial charge on any atom is -0.495 e. The van der Waals surface area contributed by atoms with E-state index in [1.165, 1.54) is 26.0 Å². The highest BCUT2D eigenvalue weighted by atomic mass is 19.1. The number of anilines is 2. The zero-order chi connectivity index (χ0) is 13.0. The van der Waals surface area contributed by atoms with Crippen LogP contribution in [0.3, 0.4) is 0 Å². The summed E-state index contributed by atoms with van der Waals surface area (Å²) in [5.74, 6) is 0.839. The smallest absolute Gasteiger partial charge is 0.148 e. The number of nitrogen functional groups attached to an aromatic ring is 1. The molecule has 0 aromatic heterocycles. The Balaban J connectivity index is 1.79. The molecule has 4 nitrogen and oxygen atoms in total. The molecule has 1 saturated carbocycles. The van der Waals surface area contributed by atoms with Gasteiger partial charge in [-0.3, -0.25) is 0 Å². The van der Waals surface area contributed by atoms with Crippen molar-refractivity contribution in [2.75, 3.05) is 37.9 Å². The normalized spacial score (nSPS) is 14.6. The maximum absolute atomic E-state index is 13.6. The standard InChI is InChI=1S/C13H19FN2O2/c1-17-13-7-12(10(14)6-11(13)15)16-4-5-18-8-9-2-3-9/h6-7,9,16H,2-5,8,15H2,1H3. The molecule has 3 N–H and O–H groups in total. The van der Waals surface area contributed by atoms with Gasteiger partial charge in [0.05, 0.1) is 25.1 Å². The second-order valence-corrected chi connectivity index (χ2v) is 4.52. The van der Waals surface area contributed by atoms with Gasteiger partial charge in [0.2, 0.25) is 0 Å². The zero-order valence-corrected chi connectivity index (χ0v) is 10.5. The summed E-state index contributed by atoms with van der Waals surface area (Å²) >= 11 is 0. The molecule has 0 atom stereocenters. The molecule has 1 aromatic rings. The summed E-state index contributed by atoms with van der Waals surface area (Å²) in [4.78, 5) is 0. The summed E-state index contributed by atoms with van der Waals surface area (Å²) in [5, 5.41) is 2.97. The molecule has 0 saturated heterocycles. The summed E-state index contributed by atoms with van der Waals surface area (Å²) in [6.07, 6.45) is 2.55. The van der Waals surface area contributed by atoms with Crippen molar-refractivity contribution in [2.24, 2.45) is 5.92 Å². The highest BCUT2D eigenvalue weighted by molar-refractivity contribution is 5.62. The summed E-state index contributed by atoms with van der Waals surface area (Å²) in [7, 11) is 1.51. The Morgan fingerprint density at radius 2 is 2.22 bits per heavy atom. The van der Waals surface area contributed by atoms with Gasteiger partial charge in [0.15, 0.2) is 0 Å². The molecule has 0 aliphatic heterocycles. The molecular weight excluding hydrogens is 235 g/mol. The number of nitrogens with one attached hydrogen (secondary N) is 1. The third-order valence-corrected chi connectivity index (χ3v) is 2.93. The highest BCUT2D eigenvalue weighted by Gasteiger charge is 2.20. The molecule has 1 fully saturated rings. The minimum atomic E-state index is -0.379. The summed E-state index contributed by atoms with van der Waals surface area (Å²) in [5.41, 5.74) is 6.28. The average molecular weight is 254 g/mol. The Morgan fingerprint density at radius 3 is 2.89 bits per heavy atom. The van der Waals surface area contributed by atoms with Gasteiger partial charge in [-0.1, -0.05) is 0 Å². The molecule has 1 aromatic carbocycles. The molecule has 1 aliphatic rings. The van der Waals surface area contributed by atoms with Gasteiger partial charge in [-0.05, 0) is 18.8 Å². The van der Waals surface area contributed by atoms with E-state index in [2.05, 4.69) is 5.32 Å². The Morgan fingerprint density at radius 1 is 1.44 bits per heavy atom. The lowest BCUT2D eigenvalue weighted by atomic mass is 10.2. The van der Waals surface area contributed by atoms with Gasteiger partial charge >= 0.3 is 0 Å². The fourth-order valence-corrected chi connectivity index (χ4v) is 1.67. The van der Waals surface area contributed by atoms with Crippen molar-refractivity contribution in [3.63, 3.8) is 0 Å². The summed E-state index contributed by atoms with van der Waals surface area (Å²) < 4.78 is 24.1. The number of benzene rings is 1. The van der Waals surface area contributed by atoms with E-state index in [4.69, 9.17) is 15.2 Å². The molecular formula is C13H19FN2O2. The highest BCUT2D eigenvalue weighted by Crippen LogP contribution is 2.29. The quantitative estimate of drug-likeness (QED) is 0.579.